The maximum absolute atomic E-state index is 12.0. The Bertz CT molecular complexity index is 969. The van der Waals surface area contributed by atoms with Gasteiger partial charge in [-0.15, -0.1) is 0 Å². The van der Waals surface area contributed by atoms with E-state index in [-0.39, 0.29) is 10.8 Å². The number of hydrogen-bond donors (Lipinski definition) is 2. The van der Waals surface area contributed by atoms with Crippen LogP contribution in [0, 0.1) is 0 Å². The van der Waals surface area contributed by atoms with E-state index in [0.29, 0.717) is 37.8 Å². The molecule has 0 atom stereocenters. The highest BCUT2D eigenvalue weighted by molar-refractivity contribution is 7.89. The van der Waals surface area contributed by atoms with Crippen molar-refractivity contribution in [1.29, 1.82) is 0 Å². The largest absolute Gasteiger partial charge is 0.486 e. The van der Waals surface area contributed by atoms with Crippen LogP contribution in [0.2, 0.25) is 0 Å². The van der Waals surface area contributed by atoms with Gasteiger partial charge in [0.15, 0.2) is 11.5 Å². The van der Waals surface area contributed by atoms with Gasteiger partial charge in [0.25, 0.3) is 0 Å². The van der Waals surface area contributed by atoms with Crippen molar-refractivity contribution in [2.45, 2.75) is 18.4 Å². The van der Waals surface area contributed by atoms with Crippen LogP contribution in [-0.2, 0) is 21.4 Å². The molecule has 0 spiro atoms. The molecule has 0 fully saturated rings. The lowest BCUT2D eigenvalue weighted by Crippen LogP contribution is -2.23. The lowest BCUT2D eigenvalue weighted by atomic mass is 10.2. The van der Waals surface area contributed by atoms with Crippen molar-refractivity contribution >= 4 is 22.0 Å². The van der Waals surface area contributed by atoms with E-state index >= 15 is 0 Å². The van der Waals surface area contributed by atoms with Crippen LogP contribution in [0.1, 0.15) is 18.1 Å². The van der Waals surface area contributed by atoms with Crippen molar-refractivity contribution in [2.24, 2.45) is 0 Å². The number of carbonyl (C=O) groups excluding carboxylic acids is 1. The molecule has 0 saturated carbocycles. The zero-order valence-electron chi connectivity index (χ0n) is 15.5. The van der Waals surface area contributed by atoms with Gasteiger partial charge in [-0.05, 0) is 41.5 Å². The standard InChI is InChI=1S/C20H22N2O5S/c1-2-22-28(24,25)17-7-3-15(4-8-17)6-10-20(23)21-14-16-5-9-18-19(13-16)27-12-11-26-18/h3-10,13,22H,2,11-12,14H2,1H3,(H,21,23)/b10-6+. The van der Waals surface area contributed by atoms with Crippen molar-refractivity contribution < 1.29 is 22.7 Å². The quantitative estimate of drug-likeness (QED) is 0.692. The molecule has 28 heavy (non-hydrogen) atoms. The molecule has 0 unspecified atom stereocenters. The number of ether oxygens (including phenoxy) is 2. The second-order valence-corrected chi connectivity index (χ2v) is 7.87. The van der Waals surface area contributed by atoms with E-state index in [0.717, 1.165) is 11.1 Å². The lowest BCUT2D eigenvalue weighted by molar-refractivity contribution is -0.116. The van der Waals surface area contributed by atoms with Gasteiger partial charge in [-0.3, -0.25) is 4.79 Å². The Balaban J connectivity index is 1.55. The Morgan fingerprint density at radius 3 is 2.50 bits per heavy atom. The summed E-state index contributed by atoms with van der Waals surface area (Å²) in [6.07, 6.45) is 3.04. The number of fused-ring (bicyclic) bond motifs is 1. The Hall–Kier alpha value is -2.84. The average molecular weight is 402 g/mol. The van der Waals surface area contributed by atoms with Gasteiger partial charge in [0.2, 0.25) is 15.9 Å². The highest BCUT2D eigenvalue weighted by Gasteiger charge is 2.12. The predicted molar refractivity (Wildman–Crippen MR) is 106 cm³/mol. The van der Waals surface area contributed by atoms with Crippen LogP contribution in [-0.4, -0.2) is 34.1 Å². The number of benzene rings is 2. The second-order valence-electron chi connectivity index (χ2n) is 6.10. The Morgan fingerprint density at radius 2 is 1.79 bits per heavy atom. The lowest BCUT2D eigenvalue weighted by Gasteiger charge is -2.18. The van der Waals surface area contributed by atoms with E-state index in [9.17, 15) is 13.2 Å². The number of sulfonamides is 1. The van der Waals surface area contributed by atoms with E-state index in [1.165, 1.54) is 18.2 Å². The van der Waals surface area contributed by atoms with Crippen LogP contribution >= 0.6 is 0 Å². The summed E-state index contributed by atoms with van der Waals surface area (Å²) < 4.78 is 37.2. The highest BCUT2D eigenvalue weighted by Crippen LogP contribution is 2.30. The molecular weight excluding hydrogens is 380 g/mol. The van der Waals surface area contributed by atoms with Gasteiger partial charge < -0.3 is 14.8 Å². The van der Waals surface area contributed by atoms with Crippen LogP contribution in [0.4, 0.5) is 0 Å². The minimum atomic E-state index is -3.48. The molecule has 1 aliphatic heterocycles. The van der Waals surface area contributed by atoms with Crippen molar-refractivity contribution in [2.75, 3.05) is 19.8 Å². The van der Waals surface area contributed by atoms with E-state index in [4.69, 9.17) is 9.47 Å². The summed E-state index contributed by atoms with van der Waals surface area (Å²) in [6.45, 7) is 3.46. The second kappa shape index (κ2) is 8.90. The monoisotopic (exact) mass is 402 g/mol. The summed E-state index contributed by atoms with van der Waals surface area (Å²) >= 11 is 0. The molecule has 0 aromatic heterocycles. The minimum Gasteiger partial charge on any atom is -0.486 e. The van der Waals surface area contributed by atoms with Crippen LogP contribution in [0.3, 0.4) is 0 Å². The van der Waals surface area contributed by atoms with Gasteiger partial charge in [0, 0.05) is 19.2 Å². The molecule has 0 saturated heterocycles. The summed E-state index contributed by atoms with van der Waals surface area (Å²) in [7, 11) is -3.48. The molecule has 1 aliphatic rings. The summed E-state index contributed by atoms with van der Waals surface area (Å²) in [5.74, 6) is 1.14. The molecule has 148 valence electrons. The summed E-state index contributed by atoms with van der Waals surface area (Å²) in [6, 6.07) is 11.9. The van der Waals surface area contributed by atoms with Crippen LogP contribution in [0.15, 0.2) is 53.4 Å². The fourth-order valence-corrected chi connectivity index (χ4v) is 3.69. The molecule has 2 N–H and O–H groups in total. The molecule has 0 bridgehead atoms. The van der Waals surface area contributed by atoms with E-state index in [2.05, 4.69) is 10.0 Å². The maximum Gasteiger partial charge on any atom is 0.244 e. The highest BCUT2D eigenvalue weighted by atomic mass is 32.2. The molecular formula is C20H22N2O5S. The van der Waals surface area contributed by atoms with Crippen LogP contribution in [0.5, 0.6) is 11.5 Å². The molecule has 7 nitrogen and oxygen atoms in total. The summed E-state index contributed by atoms with van der Waals surface area (Å²) in [5, 5.41) is 2.80. The number of carbonyl (C=O) groups is 1. The Kier molecular flexibility index (Phi) is 6.33. The van der Waals surface area contributed by atoms with Gasteiger partial charge >= 0.3 is 0 Å². The molecule has 1 amide bonds. The number of hydrogen-bond acceptors (Lipinski definition) is 5. The number of nitrogens with one attached hydrogen (secondary N) is 2. The van der Waals surface area contributed by atoms with Crippen molar-refractivity contribution in [1.82, 2.24) is 10.0 Å². The zero-order valence-corrected chi connectivity index (χ0v) is 16.3. The average Bonchev–Trinajstić information content (AvgIpc) is 2.71. The molecule has 3 rings (SSSR count). The fraction of sp³-hybridized carbons (Fsp3) is 0.250. The van der Waals surface area contributed by atoms with E-state index in [1.807, 2.05) is 18.2 Å². The van der Waals surface area contributed by atoms with Crippen molar-refractivity contribution in [3.63, 3.8) is 0 Å². The minimum absolute atomic E-state index is 0.189. The Labute approximate surface area is 164 Å². The molecule has 1 heterocycles. The third-order valence-corrected chi connectivity index (χ3v) is 5.59. The first-order chi connectivity index (χ1) is 13.5. The van der Waals surface area contributed by atoms with Crippen LogP contribution in [0.25, 0.3) is 6.08 Å². The van der Waals surface area contributed by atoms with Gasteiger partial charge in [0.1, 0.15) is 13.2 Å². The predicted octanol–water partition coefficient (Wildman–Crippen LogP) is 2.09. The molecule has 2 aromatic carbocycles. The molecule has 2 aromatic rings. The first-order valence-corrected chi connectivity index (χ1v) is 10.4. The third-order valence-electron chi connectivity index (χ3n) is 4.03. The summed E-state index contributed by atoms with van der Waals surface area (Å²) in [4.78, 5) is 12.2. The smallest absolute Gasteiger partial charge is 0.244 e. The normalized spacial score (nSPS) is 13.5. The van der Waals surface area contributed by atoms with Gasteiger partial charge in [-0.25, -0.2) is 13.1 Å². The van der Waals surface area contributed by atoms with Gasteiger partial charge in [-0.1, -0.05) is 25.1 Å². The SMILES string of the molecule is CCNS(=O)(=O)c1ccc(/C=C/C(=O)NCc2ccc3c(c2)OCCO3)cc1. The first-order valence-electron chi connectivity index (χ1n) is 8.92. The first kappa shape index (κ1) is 19.9. The van der Waals surface area contributed by atoms with Crippen molar-refractivity contribution in [3.8, 4) is 11.5 Å². The zero-order chi connectivity index (χ0) is 20.0. The van der Waals surface area contributed by atoms with Crippen LogP contribution < -0.4 is 19.5 Å². The van der Waals surface area contributed by atoms with Gasteiger partial charge in [-0.2, -0.15) is 0 Å². The van der Waals surface area contributed by atoms with Crippen molar-refractivity contribution in [3.05, 3.63) is 59.7 Å². The fourth-order valence-electron chi connectivity index (χ4n) is 2.65. The van der Waals surface area contributed by atoms with Gasteiger partial charge in [0.05, 0.1) is 4.90 Å². The Morgan fingerprint density at radius 1 is 1.07 bits per heavy atom. The number of amides is 1. The third kappa shape index (κ3) is 5.11. The van der Waals surface area contributed by atoms with E-state index < -0.39 is 10.0 Å². The number of rotatable bonds is 7. The topological polar surface area (TPSA) is 93.7 Å². The van der Waals surface area contributed by atoms with E-state index in [1.54, 1.807) is 25.1 Å². The molecule has 0 aliphatic carbocycles. The molecule has 0 radical (unpaired) electrons. The maximum atomic E-state index is 12.0. The summed E-state index contributed by atoms with van der Waals surface area (Å²) in [5.41, 5.74) is 1.63. The molecule has 8 heteroatoms.